The van der Waals surface area contributed by atoms with Gasteiger partial charge in [-0.25, -0.2) is 5.84 Å². The highest BCUT2D eigenvalue weighted by Gasteiger charge is 2.43. The van der Waals surface area contributed by atoms with Crippen molar-refractivity contribution in [1.29, 1.82) is 0 Å². The second kappa shape index (κ2) is 2.56. The Bertz CT molecular complexity index is 137. The van der Waals surface area contributed by atoms with Crippen molar-refractivity contribution in [2.45, 2.75) is 19.3 Å². The highest BCUT2D eigenvalue weighted by atomic mass is 16.3. The Morgan fingerprint density at radius 3 is 2.40 bits per heavy atom. The smallest absolute Gasteiger partial charge is 0.242 e. The molecule has 0 aromatic heterocycles. The maximum absolute atomic E-state index is 11.0. The first-order valence-electron chi connectivity index (χ1n) is 3.37. The average Bonchev–Trinajstić information content (AvgIpc) is 1.86. The number of aliphatic hydroxyl groups is 1. The number of aliphatic hydroxyl groups excluding tert-OH is 1. The Morgan fingerprint density at radius 2 is 2.30 bits per heavy atom. The highest BCUT2D eigenvalue weighted by molar-refractivity contribution is 5.83. The molecule has 0 aliphatic heterocycles. The summed E-state index contributed by atoms with van der Waals surface area (Å²) in [5.41, 5.74) is 1.51. The lowest BCUT2D eigenvalue weighted by Gasteiger charge is -2.37. The van der Waals surface area contributed by atoms with Gasteiger partial charge in [-0.2, -0.15) is 0 Å². The van der Waals surface area contributed by atoms with E-state index in [4.69, 9.17) is 10.9 Å². The van der Waals surface area contributed by atoms with Crippen LogP contribution >= 0.6 is 0 Å². The predicted octanol–water partition coefficient (Wildman–Crippen LogP) is -0.861. The van der Waals surface area contributed by atoms with Gasteiger partial charge in [0.15, 0.2) is 0 Å². The Balaban J connectivity index is 2.55. The zero-order chi connectivity index (χ0) is 7.61. The molecule has 0 bridgehead atoms. The van der Waals surface area contributed by atoms with Gasteiger partial charge in [-0.05, 0) is 12.8 Å². The minimum atomic E-state index is -0.547. The van der Waals surface area contributed by atoms with Gasteiger partial charge >= 0.3 is 0 Å². The van der Waals surface area contributed by atoms with E-state index in [2.05, 4.69) is 5.43 Å². The van der Waals surface area contributed by atoms with Gasteiger partial charge in [0.2, 0.25) is 5.91 Å². The molecule has 1 saturated carbocycles. The Kier molecular flexibility index (Phi) is 1.92. The topological polar surface area (TPSA) is 75.3 Å². The maximum Gasteiger partial charge on any atom is 0.242 e. The van der Waals surface area contributed by atoms with Gasteiger partial charge in [-0.3, -0.25) is 10.2 Å². The van der Waals surface area contributed by atoms with Crippen molar-refractivity contribution in [2.24, 2.45) is 11.3 Å². The summed E-state index contributed by atoms with van der Waals surface area (Å²) in [5.74, 6) is 4.70. The molecular weight excluding hydrogens is 132 g/mol. The predicted molar refractivity (Wildman–Crippen MR) is 35.7 cm³/mol. The van der Waals surface area contributed by atoms with E-state index >= 15 is 0 Å². The van der Waals surface area contributed by atoms with Crippen LogP contribution in [0.25, 0.3) is 0 Å². The Labute approximate surface area is 59.4 Å². The molecule has 0 saturated heterocycles. The molecule has 0 unspecified atom stereocenters. The molecule has 0 atom stereocenters. The van der Waals surface area contributed by atoms with Gasteiger partial charge in [-0.15, -0.1) is 0 Å². The van der Waals surface area contributed by atoms with E-state index in [9.17, 15) is 4.79 Å². The van der Waals surface area contributed by atoms with E-state index in [1.165, 1.54) is 0 Å². The minimum absolute atomic E-state index is 0.0873. The summed E-state index contributed by atoms with van der Waals surface area (Å²) in [6, 6.07) is 0. The van der Waals surface area contributed by atoms with Crippen LogP contribution in [-0.2, 0) is 4.79 Å². The van der Waals surface area contributed by atoms with Crippen molar-refractivity contribution in [2.75, 3.05) is 6.61 Å². The molecule has 4 N–H and O–H groups in total. The fourth-order valence-corrected chi connectivity index (χ4v) is 1.21. The van der Waals surface area contributed by atoms with Crippen LogP contribution in [0.3, 0.4) is 0 Å². The SMILES string of the molecule is NNC(=O)C1(CO)CCC1. The lowest BCUT2D eigenvalue weighted by atomic mass is 9.69. The highest BCUT2D eigenvalue weighted by Crippen LogP contribution is 2.40. The molecule has 10 heavy (non-hydrogen) atoms. The third-order valence-electron chi connectivity index (χ3n) is 2.23. The van der Waals surface area contributed by atoms with Crippen molar-refractivity contribution >= 4 is 5.91 Å². The van der Waals surface area contributed by atoms with E-state index in [1.807, 2.05) is 0 Å². The molecule has 1 fully saturated rings. The van der Waals surface area contributed by atoms with Crippen LogP contribution in [0.2, 0.25) is 0 Å². The molecule has 1 aliphatic rings. The molecule has 1 rings (SSSR count). The lowest BCUT2D eigenvalue weighted by molar-refractivity contribution is -0.139. The van der Waals surface area contributed by atoms with Crippen LogP contribution in [-0.4, -0.2) is 17.6 Å². The van der Waals surface area contributed by atoms with E-state index in [0.717, 1.165) is 19.3 Å². The van der Waals surface area contributed by atoms with Gasteiger partial charge in [-0.1, -0.05) is 6.42 Å². The molecule has 1 amide bonds. The van der Waals surface area contributed by atoms with Crippen LogP contribution in [0.1, 0.15) is 19.3 Å². The minimum Gasteiger partial charge on any atom is -0.395 e. The number of rotatable bonds is 2. The van der Waals surface area contributed by atoms with Crippen molar-refractivity contribution in [1.82, 2.24) is 5.43 Å². The van der Waals surface area contributed by atoms with Gasteiger partial charge in [0.05, 0.1) is 12.0 Å². The summed E-state index contributed by atoms with van der Waals surface area (Å²) in [7, 11) is 0. The molecule has 58 valence electrons. The van der Waals surface area contributed by atoms with Crippen LogP contribution < -0.4 is 11.3 Å². The van der Waals surface area contributed by atoms with Gasteiger partial charge < -0.3 is 5.11 Å². The molecule has 0 aromatic carbocycles. The summed E-state index contributed by atoms with van der Waals surface area (Å²) >= 11 is 0. The van der Waals surface area contributed by atoms with E-state index in [0.29, 0.717) is 0 Å². The Morgan fingerprint density at radius 1 is 1.70 bits per heavy atom. The normalized spacial score (nSPS) is 21.4. The van der Waals surface area contributed by atoms with Crippen LogP contribution in [0.15, 0.2) is 0 Å². The van der Waals surface area contributed by atoms with Crippen molar-refractivity contribution in [3.8, 4) is 0 Å². The quantitative estimate of drug-likeness (QED) is 0.268. The molecule has 0 radical (unpaired) electrons. The van der Waals surface area contributed by atoms with Crippen LogP contribution in [0.4, 0.5) is 0 Å². The fourth-order valence-electron chi connectivity index (χ4n) is 1.21. The molecular formula is C6H12N2O2. The molecule has 0 heterocycles. The molecule has 4 heteroatoms. The summed E-state index contributed by atoms with van der Waals surface area (Å²) in [6.45, 7) is -0.0873. The lowest BCUT2D eigenvalue weighted by Crippen LogP contribution is -2.50. The summed E-state index contributed by atoms with van der Waals surface area (Å²) in [6.07, 6.45) is 2.52. The van der Waals surface area contributed by atoms with E-state index < -0.39 is 5.41 Å². The average molecular weight is 144 g/mol. The number of hydrogen-bond acceptors (Lipinski definition) is 3. The van der Waals surface area contributed by atoms with Gasteiger partial charge in [0.1, 0.15) is 0 Å². The van der Waals surface area contributed by atoms with Crippen LogP contribution in [0, 0.1) is 5.41 Å². The third-order valence-corrected chi connectivity index (χ3v) is 2.23. The monoisotopic (exact) mass is 144 g/mol. The maximum atomic E-state index is 11.0. The third kappa shape index (κ3) is 0.892. The summed E-state index contributed by atoms with van der Waals surface area (Å²) in [4.78, 5) is 11.0. The van der Waals surface area contributed by atoms with Crippen molar-refractivity contribution in [3.63, 3.8) is 0 Å². The van der Waals surface area contributed by atoms with Crippen molar-refractivity contribution < 1.29 is 9.90 Å². The number of nitrogens with two attached hydrogens (primary N) is 1. The molecule has 1 aliphatic carbocycles. The molecule has 0 spiro atoms. The van der Waals surface area contributed by atoms with Crippen molar-refractivity contribution in [3.05, 3.63) is 0 Å². The number of nitrogens with one attached hydrogen (secondary N) is 1. The first-order chi connectivity index (χ1) is 4.75. The van der Waals surface area contributed by atoms with Gasteiger partial charge in [0.25, 0.3) is 0 Å². The van der Waals surface area contributed by atoms with Crippen LogP contribution in [0.5, 0.6) is 0 Å². The molecule has 4 nitrogen and oxygen atoms in total. The Hall–Kier alpha value is -0.610. The first kappa shape index (κ1) is 7.50. The van der Waals surface area contributed by atoms with E-state index in [-0.39, 0.29) is 12.5 Å². The standard InChI is InChI=1S/C6H12N2O2/c7-8-5(10)6(4-9)2-1-3-6/h9H,1-4,7H2,(H,8,10). The second-order valence-electron chi connectivity index (χ2n) is 2.77. The second-order valence-corrected chi connectivity index (χ2v) is 2.77. The number of amides is 1. The first-order valence-corrected chi connectivity index (χ1v) is 3.37. The number of hydrogen-bond donors (Lipinski definition) is 3. The zero-order valence-corrected chi connectivity index (χ0v) is 5.76. The van der Waals surface area contributed by atoms with E-state index in [1.54, 1.807) is 0 Å². The summed E-state index contributed by atoms with van der Waals surface area (Å²) in [5, 5.41) is 8.82. The number of carbonyl (C=O) groups excluding carboxylic acids is 1. The summed E-state index contributed by atoms with van der Waals surface area (Å²) < 4.78 is 0. The zero-order valence-electron chi connectivity index (χ0n) is 5.76. The molecule has 0 aromatic rings. The number of hydrazine groups is 1. The largest absolute Gasteiger partial charge is 0.395 e. The van der Waals surface area contributed by atoms with Gasteiger partial charge in [0, 0.05) is 0 Å². The fraction of sp³-hybridized carbons (Fsp3) is 0.833. The number of carbonyl (C=O) groups is 1.